The SMILES string of the molecule is CCN(CC)C(C)S(=O)(=O)C(F)(F)C(F)(F)CCOC(=O)C1CC23CC(C2)CC(C(=O)O)(C1)C3. The minimum atomic E-state index is -5.58. The standard InChI is InChI=1S/C22H33F4NO6S/c1-4-27(5-2)14(3)34(31,32)22(25,26)21(23,24)6-7-33-17(28)16-11-19-8-15(9-19)10-20(12-16,13-19)18(29)30/h14-16H,4-13H2,1-3H3,(H,29,30). The maximum absolute atomic E-state index is 14.5. The summed E-state index contributed by atoms with van der Waals surface area (Å²) >= 11 is 0. The largest absolute Gasteiger partial charge is 0.481 e. The Bertz CT molecular complexity index is 916. The third kappa shape index (κ3) is 4.33. The van der Waals surface area contributed by atoms with E-state index in [9.17, 15) is 40.7 Å². The maximum Gasteiger partial charge on any atom is 0.408 e. The summed E-state index contributed by atoms with van der Waals surface area (Å²) in [6, 6.07) is 0. The number of hydrogen-bond donors (Lipinski definition) is 1. The van der Waals surface area contributed by atoms with Crippen molar-refractivity contribution in [3.8, 4) is 0 Å². The number of carbonyl (C=O) groups excluding carboxylic acids is 1. The Hall–Kier alpha value is -1.43. The van der Waals surface area contributed by atoms with Crippen molar-refractivity contribution in [2.45, 2.75) is 82.3 Å². The van der Waals surface area contributed by atoms with Crippen molar-refractivity contribution in [1.82, 2.24) is 4.90 Å². The second-order valence-corrected chi connectivity index (χ2v) is 12.6. The van der Waals surface area contributed by atoms with Gasteiger partial charge >= 0.3 is 23.1 Å². The first kappa shape index (κ1) is 27.2. The van der Waals surface area contributed by atoms with Gasteiger partial charge in [0.1, 0.15) is 5.37 Å². The van der Waals surface area contributed by atoms with Crippen LogP contribution in [0.5, 0.6) is 0 Å². The average Bonchev–Trinajstić information content (AvgIpc) is 2.72. The third-order valence-corrected chi connectivity index (χ3v) is 10.4. The number of rotatable bonds is 11. The van der Waals surface area contributed by atoms with E-state index in [0.29, 0.717) is 25.2 Å². The number of carbonyl (C=O) groups is 2. The van der Waals surface area contributed by atoms with E-state index in [1.807, 2.05) is 0 Å². The van der Waals surface area contributed by atoms with Crippen LogP contribution in [0.15, 0.2) is 0 Å². The van der Waals surface area contributed by atoms with E-state index in [-0.39, 0.29) is 24.9 Å². The highest BCUT2D eigenvalue weighted by molar-refractivity contribution is 7.93. The molecule has 0 aromatic heterocycles. The number of halogens is 4. The zero-order chi connectivity index (χ0) is 25.7. The van der Waals surface area contributed by atoms with Gasteiger partial charge in [0.2, 0.25) is 9.84 Å². The van der Waals surface area contributed by atoms with Crippen LogP contribution in [-0.4, -0.2) is 66.6 Å². The quantitative estimate of drug-likeness (QED) is 0.329. The number of esters is 1. The van der Waals surface area contributed by atoms with Crippen LogP contribution in [0.2, 0.25) is 0 Å². The molecule has 4 rings (SSSR count). The van der Waals surface area contributed by atoms with E-state index in [4.69, 9.17) is 4.74 Å². The third-order valence-electron chi connectivity index (χ3n) is 8.16. The fourth-order valence-corrected chi connectivity index (χ4v) is 8.21. The van der Waals surface area contributed by atoms with E-state index < -0.39 is 62.7 Å². The molecule has 3 unspecified atom stereocenters. The lowest BCUT2D eigenvalue weighted by molar-refractivity contribution is -0.193. The fourth-order valence-electron chi connectivity index (χ4n) is 6.57. The molecule has 3 atom stereocenters. The highest BCUT2D eigenvalue weighted by atomic mass is 32.2. The molecular weight excluding hydrogens is 482 g/mol. The van der Waals surface area contributed by atoms with Gasteiger partial charge in [0, 0.05) is 0 Å². The van der Waals surface area contributed by atoms with Crippen LogP contribution in [0.25, 0.3) is 0 Å². The Morgan fingerprint density at radius 1 is 1.09 bits per heavy atom. The van der Waals surface area contributed by atoms with Crippen molar-refractivity contribution in [1.29, 1.82) is 0 Å². The predicted molar refractivity (Wildman–Crippen MR) is 114 cm³/mol. The molecule has 0 radical (unpaired) electrons. The van der Waals surface area contributed by atoms with Gasteiger partial charge in [-0.25, -0.2) is 8.42 Å². The zero-order valence-corrected chi connectivity index (χ0v) is 20.5. The number of nitrogens with zero attached hydrogens (tertiary/aromatic N) is 1. The molecular formula is C22H33F4NO6S. The van der Waals surface area contributed by atoms with Crippen LogP contribution < -0.4 is 0 Å². The molecule has 0 aliphatic heterocycles. The van der Waals surface area contributed by atoms with Crippen LogP contribution >= 0.6 is 0 Å². The molecule has 4 saturated carbocycles. The lowest BCUT2D eigenvalue weighted by atomic mass is 9.40. The fraction of sp³-hybridized carbons (Fsp3) is 0.909. The number of carboxylic acids is 1. The molecule has 0 heterocycles. The molecule has 1 spiro atoms. The number of alkyl halides is 4. The van der Waals surface area contributed by atoms with Crippen LogP contribution in [0.3, 0.4) is 0 Å². The summed E-state index contributed by atoms with van der Waals surface area (Å²) < 4.78 is 87.4. The van der Waals surface area contributed by atoms with Crippen molar-refractivity contribution >= 4 is 21.8 Å². The highest BCUT2D eigenvalue weighted by Gasteiger charge is 2.67. The van der Waals surface area contributed by atoms with Gasteiger partial charge in [-0.2, -0.15) is 17.6 Å². The molecule has 3 bridgehead atoms. The molecule has 7 nitrogen and oxygen atoms in total. The van der Waals surface area contributed by atoms with Gasteiger partial charge in [0.25, 0.3) is 0 Å². The van der Waals surface area contributed by atoms with E-state index in [1.54, 1.807) is 0 Å². The highest BCUT2D eigenvalue weighted by Crippen LogP contribution is 2.69. The summed E-state index contributed by atoms with van der Waals surface area (Å²) in [5.41, 5.74) is -1.32. The summed E-state index contributed by atoms with van der Waals surface area (Å²) in [5.74, 6) is -7.35. The molecule has 1 N–H and O–H groups in total. The Balaban J connectivity index is 1.64. The predicted octanol–water partition coefficient (Wildman–Crippen LogP) is 3.92. The summed E-state index contributed by atoms with van der Waals surface area (Å²) in [7, 11) is -5.58. The number of hydrogen-bond acceptors (Lipinski definition) is 6. The molecule has 4 fully saturated rings. The summed E-state index contributed by atoms with van der Waals surface area (Å²) in [6.45, 7) is 3.07. The molecule has 0 amide bonds. The number of aliphatic carboxylic acids is 1. The number of carboxylic acid groups (broad SMARTS) is 1. The molecule has 196 valence electrons. The Morgan fingerprint density at radius 3 is 2.21 bits per heavy atom. The molecule has 0 aromatic carbocycles. The molecule has 4 aliphatic carbocycles. The van der Waals surface area contributed by atoms with Crippen LogP contribution in [-0.2, 0) is 24.2 Å². The smallest absolute Gasteiger partial charge is 0.408 e. The first-order valence-electron chi connectivity index (χ1n) is 11.7. The molecule has 4 aliphatic rings. The molecule has 12 heteroatoms. The van der Waals surface area contributed by atoms with E-state index in [2.05, 4.69) is 0 Å². The van der Waals surface area contributed by atoms with Gasteiger partial charge in [0.05, 0.1) is 24.4 Å². The summed E-state index contributed by atoms with van der Waals surface area (Å²) in [4.78, 5) is 25.6. The van der Waals surface area contributed by atoms with E-state index >= 15 is 0 Å². The monoisotopic (exact) mass is 515 g/mol. The minimum Gasteiger partial charge on any atom is -0.481 e. The van der Waals surface area contributed by atoms with Crippen molar-refractivity contribution < 1.29 is 45.4 Å². The summed E-state index contributed by atoms with van der Waals surface area (Å²) in [6.07, 6.45) is 1.32. The van der Waals surface area contributed by atoms with E-state index in [0.717, 1.165) is 24.7 Å². The van der Waals surface area contributed by atoms with Gasteiger partial charge in [-0.1, -0.05) is 13.8 Å². The van der Waals surface area contributed by atoms with Gasteiger partial charge in [-0.15, -0.1) is 0 Å². The first-order valence-corrected chi connectivity index (χ1v) is 13.2. The lowest BCUT2D eigenvalue weighted by Gasteiger charge is -2.63. The van der Waals surface area contributed by atoms with E-state index in [1.165, 1.54) is 13.8 Å². The van der Waals surface area contributed by atoms with Crippen molar-refractivity contribution in [3.63, 3.8) is 0 Å². The van der Waals surface area contributed by atoms with Gasteiger partial charge in [-0.05, 0) is 69.9 Å². The number of sulfone groups is 1. The van der Waals surface area contributed by atoms with Crippen LogP contribution in [0.4, 0.5) is 17.6 Å². The second-order valence-electron chi connectivity index (χ2n) is 10.4. The number of ether oxygens (including phenoxy) is 1. The van der Waals surface area contributed by atoms with Gasteiger partial charge < -0.3 is 9.84 Å². The Morgan fingerprint density at radius 2 is 1.68 bits per heavy atom. The second kappa shape index (κ2) is 8.90. The maximum atomic E-state index is 14.5. The van der Waals surface area contributed by atoms with Crippen LogP contribution in [0, 0.1) is 22.7 Å². The van der Waals surface area contributed by atoms with Crippen LogP contribution in [0.1, 0.15) is 65.7 Å². The normalized spacial score (nSPS) is 32.1. The first-order chi connectivity index (χ1) is 15.6. The molecule has 0 aromatic rings. The molecule has 34 heavy (non-hydrogen) atoms. The Labute approximate surface area is 197 Å². The van der Waals surface area contributed by atoms with Gasteiger partial charge in [-0.3, -0.25) is 14.5 Å². The summed E-state index contributed by atoms with van der Waals surface area (Å²) in [5, 5.41) is 2.56. The topological polar surface area (TPSA) is 101 Å². The Kier molecular flexibility index (Phi) is 7.11. The van der Waals surface area contributed by atoms with Crippen molar-refractivity contribution in [2.24, 2.45) is 22.7 Å². The van der Waals surface area contributed by atoms with Crippen molar-refractivity contribution in [3.05, 3.63) is 0 Å². The zero-order valence-electron chi connectivity index (χ0n) is 19.7. The minimum absolute atomic E-state index is 0.0295. The lowest BCUT2D eigenvalue weighted by Crippen LogP contribution is -2.58. The van der Waals surface area contributed by atoms with Gasteiger partial charge in [0.15, 0.2) is 0 Å². The molecule has 0 saturated heterocycles. The average molecular weight is 516 g/mol. The van der Waals surface area contributed by atoms with Crippen molar-refractivity contribution in [2.75, 3.05) is 19.7 Å².